The third kappa shape index (κ3) is 3.70. The van der Waals surface area contributed by atoms with Crippen LogP contribution in [0.5, 0.6) is 0 Å². The largest absolute Gasteiger partial charge is 0.259 e. The fourth-order valence-corrected chi connectivity index (χ4v) is 3.02. The Labute approximate surface area is 113 Å². The van der Waals surface area contributed by atoms with E-state index in [0.29, 0.717) is 5.56 Å². The van der Waals surface area contributed by atoms with Gasteiger partial charge in [-0.3, -0.25) is 4.21 Å². The summed E-state index contributed by atoms with van der Waals surface area (Å²) in [5.41, 5.74) is 1.52. The molecule has 0 aromatic heterocycles. The maximum absolute atomic E-state index is 13.0. The van der Waals surface area contributed by atoms with Crippen LogP contribution in [0.25, 0.3) is 0 Å². The molecule has 0 heterocycles. The Balaban J connectivity index is 2.09. The number of hydrogen-bond acceptors (Lipinski definition) is 1. The van der Waals surface area contributed by atoms with Gasteiger partial charge in [-0.25, -0.2) is 8.78 Å². The molecule has 2 aromatic rings. The van der Waals surface area contributed by atoms with Crippen molar-refractivity contribution in [3.05, 3.63) is 71.3 Å². The molecule has 0 spiro atoms. The van der Waals surface area contributed by atoms with Crippen molar-refractivity contribution in [3.63, 3.8) is 0 Å². The average molecular weight is 280 g/mol. The third-order valence-corrected chi connectivity index (χ3v) is 4.61. The van der Waals surface area contributed by atoms with Crippen LogP contribution in [-0.2, 0) is 16.6 Å². The second-order valence-electron chi connectivity index (χ2n) is 4.35. The van der Waals surface area contributed by atoms with E-state index in [1.807, 2.05) is 6.92 Å². The van der Waals surface area contributed by atoms with Gasteiger partial charge in [0.1, 0.15) is 11.6 Å². The molecule has 4 heteroatoms. The Morgan fingerprint density at radius 1 is 1.05 bits per heavy atom. The van der Waals surface area contributed by atoms with E-state index in [1.165, 1.54) is 24.3 Å². The van der Waals surface area contributed by atoms with Crippen molar-refractivity contribution in [2.45, 2.75) is 17.9 Å². The zero-order valence-electron chi connectivity index (χ0n) is 10.5. The highest BCUT2D eigenvalue weighted by atomic mass is 32.2. The SMILES string of the molecule is C[C@H](c1ccc(F)cc1)[S@](=O)Cc1cccc(F)c1. The van der Waals surface area contributed by atoms with E-state index in [4.69, 9.17) is 0 Å². The first-order valence-corrected chi connectivity index (χ1v) is 7.31. The smallest absolute Gasteiger partial charge is 0.123 e. The number of rotatable bonds is 4. The number of benzene rings is 2. The molecule has 0 unspecified atom stereocenters. The molecule has 100 valence electrons. The van der Waals surface area contributed by atoms with Gasteiger partial charge in [0.05, 0.1) is 5.25 Å². The summed E-state index contributed by atoms with van der Waals surface area (Å²) >= 11 is 0. The normalized spacial score (nSPS) is 14.1. The standard InChI is InChI=1S/C15H14F2OS/c1-11(13-5-7-14(16)8-6-13)19(18)10-12-3-2-4-15(17)9-12/h2-9,11H,10H2,1H3/t11-,19-/m1/s1. The molecule has 0 bridgehead atoms. The average Bonchev–Trinajstić information content (AvgIpc) is 2.39. The number of halogens is 2. The van der Waals surface area contributed by atoms with Crippen LogP contribution in [0, 0.1) is 11.6 Å². The van der Waals surface area contributed by atoms with Gasteiger partial charge >= 0.3 is 0 Å². The van der Waals surface area contributed by atoms with Gasteiger partial charge in [-0.1, -0.05) is 24.3 Å². The van der Waals surface area contributed by atoms with E-state index >= 15 is 0 Å². The minimum atomic E-state index is -1.17. The van der Waals surface area contributed by atoms with Crippen LogP contribution in [-0.4, -0.2) is 4.21 Å². The molecule has 0 saturated heterocycles. The van der Waals surface area contributed by atoms with Gasteiger partial charge < -0.3 is 0 Å². The molecule has 0 aliphatic rings. The van der Waals surface area contributed by atoms with Crippen LogP contribution in [0.1, 0.15) is 23.3 Å². The van der Waals surface area contributed by atoms with Gasteiger partial charge in [0.25, 0.3) is 0 Å². The van der Waals surface area contributed by atoms with Gasteiger partial charge in [-0.15, -0.1) is 0 Å². The molecular formula is C15H14F2OS. The molecule has 1 nitrogen and oxygen atoms in total. The quantitative estimate of drug-likeness (QED) is 0.828. The predicted molar refractivity (Wildman–Crippen MR) is 73.1 cm³/mol. The predicted octanol–water partition coefficient (Wildman–Crippen LogP) is 3.97. The first-order valence-electron chi connectivity index (χ1n) is 5.93. The topological polar surface area (TPSA) is 17.1 Å². The second-order valence-corrected chi connectivity index (χ2v) is 6.11. The Morgan fingerprint density at radius 3 is 2.37 bits per heavy atom. The summed E-state index contributed by atoms with van der Waals surface area (Å²) in [6.07, 6.45) is 0. The van der Waals surface area contributed by atoms with Crippen LogP contribution in [0.3, 0.4) is 0 Å². The van der Waals surface area contributed by atoms with E-state index in [9.17, 15) is 13.0 Å². The van der Waals surface area contributed by atoms with Crippen molar-refractivity contribution in [2.75, 3.05) is 0 Å². The molecule has 0 aliphatic heterocycles. The van der Waals surface area contributed by atoms with E-state index in [-0.39, 0.29) is 22.6 Å². The highest BCUT2D eigenvalue weighted by molar-refractivity contribution is 7.84. The van der Waals surface area contributed by atoms with Gasteiger partial charge in [0.15, 0.2) is 0 Å². The summed E-state index contributed by atoms with van der Waals surface area (Å²) in [6.45, 7) is 1.82. The maximum Gasteiger partial charge on any atom is 0.123 e. The molecule has 0 fully saturated rings. The molecule has 0 saturated carbocycles. The molecule has 2 aromatic carbocycles. The maximum atomic E-state index is 13.0. The third-order valence-electron chi connectivity index (χ3n) is 2.93. The minimum absolute atomic E-state index is 0.219. The first kappa shape index (κ1) is 13.9. The molecule has 0 N–H and O–H groups in total. The van der Waals surface area contributed by atoms with E-state index in [1.54, 1.807) is 24.3 Å². The lowest BCUT2D eigenvalue weighted by Gasteiger charge is -2.12. The number of hydrogen-bond donors (Lipinski definition) is 0. The van der Waals surface area contributed by atoms with Crippen molar-refractivity contribution in [1.29, 1.82) is 0 Å². The van der Waals surface area contributed by atoms with Gasteiger partial charge in [-0.2, -0.15) is 0 Å². The van der Waals surface area contributed by atoms with Crippen LogP contribution >= 0.6 is 0 Å². The molecule has 19 heavy (non-hydrogen) atoms. The van der Waals surface area contributed by atoms with E-state index in [2.05, 4.69) is 0 Å². The first-order chi connectivity index (χ1) is 9.06. The molecule has 2 atom stereocenters. The van der Waals surface area contributed by atoms with Crippen LogP contribution in [0.2, 0.25) is 0 Å². The lowest BCUT2D eigenvalue weighted by Crippen LogP contribution is -2.05. The molecule has 0 aliphatic carbocycles. The Hall–Kier alpha value is -1.55. The van der Waals surface area contributed by atoms with Gasteiger partial charge in [0.2, 0.25) is 0 Å². The monoisotopic (exact) mass is 280 g/mol. The molecular weight excluding hydrogens is 266 g/mol. The van der Waals surface area contributed by atoms with Crippen molar-refractivity contribution < 1.29 is 13.0 Å². The van der Waals surface area contributed by atoms with Crippen molar-refractivity contribution in [1.82, 2.24) is 0 Å². The molecule has 2 rings (SSSR count). The lowest BCUT2D eigenvalue weighted by atomic mass is 10.2. The Bertz CT molecular complexity index is 581. The lowest BCUT2D eigenvalue weighted by molar-refractivity contribution is 0.625. The van der Waals surface area contributed by atoms with E-state index < -0.39 is 10.8 Å². The second kappa shape index (κ2) is 6.06. The fraction of sp³-hybridized carbons (Fsp3) is 0.200. The van der Waals surface area contributed by atoms with Crippen LogP contribution in [0.4, 0.5) is 8.78 Å². The Morgan fingerprint density at radius 2 is 1.74 bits per heavy atom. The highest BCUT2D eigenvalue weighted by Gasteiger charge is 2.14. The van der Waals surface area contributed by atoms with Crippen LogP contribution in [0.15, 0.2) is 48.5 Å². The van der Waals surface area contributed by atoms with Crippen molar-refractivity contribution in [3.8, 4) is 0 Å². The van der Waals surface area contributed by atoms with E-state index in [0.717, 1.165) is 5.56 Å². The summed E-state index contributed by atoms with van der Waals surface area (Å²) in [4.78, 5) is 0. The minimum Gasteiger partial charge on any atom is -0.259 e. The molecule has 0 radical (unpaired) electrons. The fourth-order valence-electron chi connectivity index (χ4n) is 1.80. The Kier molecular flexibility index (Phi) is 4.43. The summed E-state index contributed by atoms with van der Waals surface area (Å²) in [7, 11) is -1.17. The van der Waals surface area contributed by atoms with Crippen molar-refractivity contribution >= 4 is 10.8 Å². The summed E-state index contributed by atoms with van der Waals surface area (Å²) < 4.78 is 38.1. The zero-order valence-corrected chi connectivity index (χ0v) is 11.3. The highest BCUT2D eigenvalue weighted by Crippen LogP contribution is 2.22. The van der Waals surface area contributed by atoms with Crippen LogP contribution < -0.4 is 0 Å². The van der Waals surface area contributed by atoms with Gasteiger partial charge in [-0.05, 0) is 42.3 Å². The van der Waals surface area contributed by atoms with Crippen molar-refractivity contribution in [2.24, 2.45) is 0 Å². The molecule has 0 amide bonds. The summed E-state index contributed by atoms with van der Waals surface area (Å²) in [5.74, 6) is -0.355. The zero-order chi connectivity index (χ0) is 13.8. The summed E-state index contributed by atoms with van der Waals surface area (Å²) in [6, 6.07) is 12.1. The summed E-state index contributed by atoms with van der Waals surface area (Å²) in [5, 5.41) is -0.219. The van der Waals surface area contributed by atoms with Gasteiger partial charge in [0, 0.05) is 16.6 Å².